The van der Waals surface area contributed by atoms with E-state index in [2.05, 4.69) is 25.6 Å². The van der Waals surface area contributed by atoms with E-state index in [0.29, 0.717) is 39.6 Å². The molecule has 0 amide bonds. The van der Waals surface area contributed by atoms with E-state index in [1.807, 2.05) is 0 Å². The molecule has 0 spiro atoms. The van der Waals surface area contributed by atoms with Crippen LogP contribution in [0.2, 0.25) is 0 Å². The van der Waals surface area contributed by atoms with Crippen LogP contribution in [-0.4, -0.2) is 45.2 Å². The monoisotopic (exact) mass is 257 g/mol. The van der Waals surface area contributed by atoms with Crippen molar-refractivity contribution in [2.75, 3.05) is 39.6 Å². The molecule has 0 fully saturated rings. The van der Waals surface area contributed by atoms with Crippen molar-refractivity contribution >= 4 is 0 Å². The van der Waals surface area contributed by atoms with Crippen LogP contribution in [-0.2, 0) is 14.2 Å². The maximum atomic E-state index is 7.40. The SMILES string of the molecule is [C-]#[N+]C(COCCC)(COCCC)COCCC. The van der Waals surface area contributed by atoms with Gasteiger partial charge in [-0.2, -0.15) is 0 Å². The second-order valence-corrected chi connectivity index (χ2v) is 4.49. The molecule has 0 atom stereocenters. The van der Waals surface area contributed by atoms with Gasteiger partial charge in [-0.15, -0.1) is 0 Å². The molecule has 0 aliphatic heterocycles. The Bertz CT molecular complexity index is 199. The first-order chi connectivity index (χ1) is 8.74. The second-order valence-electron chi connectivity index (χ2n) is 4.49. The Kier molecular flexibility index (Phi) is 11.1. The summed E-state index contributed by atoms with van der Waals surface area (Å²) in [5.41, 5.74) is -0.681. The second kappa shape index (κ2) is 11.5. The molecule has 0 rings (SSSR count). The molecular formula is C14H27NO3. The van der Waals surface area contributed by atoms with E-state index in [4.69, 9.17) is 20.8 Å². The Morgan fingerprint density at radius 2 is 1.11 bits per heavy atom. The highest BCUT2D eigenvalue weighted by Gasteiger charge is 2.38. The summed E-state index contributed by atoms with van der Waals surface area (Å²) >= 11 is 0. The number of rotatable bonds is 12. The third kappa shape index (κ3) is 7.65. The first-order valence-corrected chi connectivity index (χ1v) is 6.86. The highest BCUT2D eigenvalue weighted by molar-refractivity contribution is 4.99. The first kappa shape index (κ1) is 17.4. The van der Waals surface area contributed by atoms with E-state index in [1.54, 1.807) is 0 Å². The van der Waals surface area contributed by atoms with E-state index >= 15 is 0 Å². The Morgan fingerprint density at radius 3 is 1.33 bits per heavy atom. The van der Waals surface area contributed by atoms with Gasteiger partial charge in [-0.3, -0.25) is 0 Å². The largest absolute Gasteiger partial charge is 0.373 e. The van der Waals surface area contributed by atoms with Crippen LogP contribution in [0.5, 0.6) is 0 Å². The topological polar surface area (TPSA) is 32.0 Å². The molecule has 0 aromatic rings. The molecule has 0 unspecified atom stereocenters. The molecule has 0 aliphatic carbocycles. The van der Waals surface area contributed by atoms with Crippen molar-refractivity contribution in [1.29, 1.82) is 0 Å². The molecule has 0 aromatic carbocycles. The van der Waals surface area contributed by atoms with Gasteiger partial charge in [0, 0.05) is 19.8 Å². The molecule has 0 heterocycles. The summed E-state index contributed by atoms with van der Waals surface area (Å²) in [4.78, 5) is 3.71. The lowest BCUT2D eigenvalue weighted by molar-refractivity contribution is -0.00633. The summed E-state index contributed by atoms with van der Waals surface area (Å²) in [6.45, 7) is 16.8. The molecule has 0 saturated heterocycles. The first-order valence-electron chi connectivity index (χ1n) is 6.86. The van der Waals surface area contributed by atoms with Crippen molar-refractivity contribution in [3.8, 4) is 0 Å². The van der Waals surface area contributed by atoms with Gasteiger partial charge in [0.2, 0.25) is 0 Å². The minimum atomic E-state index is -0.681. The molecule has 18 heavy (non-hydrogen) atoms. The van der Waals surface area contributed by atoms with E-state index < -0.39 is 5.54 Å². The summed E-state index contributed by atoms with van der Waals surface area (Å²) in [7, 11) is 0. The fraction of sp³-hybridized carbons (Fsp3) is 0.929. The van der Waals surface area contributed by atoms with E-state index in [9.17, 15) is 0 Å². The summed E-state index contributed by atoms with van der Waals surface area (Å²) in [5.74, 6) is 0. The fourth-order valence-electron chi connectivity index (χ4n) is 1.44. The third-order valence-electron chi connectivity index (χ3n) is 2.39. The zero-order valence-electron chi connectivity index (χ0n) is 12.0. The minimum absolute atomic E-state index is 0.387. The van der Waals surface area contributed by atoms with Crippen LogP contribution in [0, 0.1) is 6.57 Å². The van der Waals surface area contributed by atoms with Crippen LogP contribution in [0.1, 0.15) is 40.0 Å². The van der Waals surface area contributed by atoms with Crippen molar-refractivity contribution < 1.29 is 14.2 Å². The minimum Gasteiger partial charge on any atom is -0.373 e. The molecule has 0 saturated carbocycles. The van der Waals surface area contributed by atoms with Crippen LogP contribution in [0.15, 0.2) is 0 Å². The molecule has 0 aromatic heterocycles. The van der Waals surface area contributed by atoms with Gasteiger partial charge < -0.3 is 19.1 Å². The molecule has 4 heteroatoms. The number of hydrogen-bond donors (Lipinski definition) is 0. The van der Waals surface area contributed by atoms with E-state index in [0.717, 1.165) is 19.3 Å². The van der Waals surface area contributed by atoms with E-state index in [1.165, 1.54) is 0 Å². The molecule has 0 N–H and O–H groups in total. The summed E-state index contributed by atoms with van der Waals surface area (Å²) in [5, 5.41) is 0. The quantitative estimate of drug-likeness (QED) is 0.398. The van der Waals surface area contributed by atoms with Gasteiger partial charge in [-0.1, -0.05) is 20.8 Å². The fourth-order valence-corrected chi connectivity index (χ4v) is 1.44. The highest BCUT2D eigenvalue weighted by Crippen LogP contribution is 2.14. The lowest BCUT2D eigenvalue weighted by Gasteiger charge is -2.21. The Morgan fingerprint density at radius 1 is 0.778 bits per heavy atom. The standard InChI is InChI=1S/C14H27NO3/c1-5-8-16-11-14(15-4,12-17-9-6-2)13-18-10-7-3/h5-13H2,1-3H3. The van der Waals surface area contributed by atoms with Gasteiger partial charge in [0.25, 0.3) is 0 Å². The summed E-state index contributed by atoms with van der Waals surface area (Å²) in [6, 6.07) is 0. The zero-order chi connectivity index (χ0) is 13.7. The van der Waals surface area contributed by atoms with Crippen LogP contribution < -0.4 is 0 Å². The van der Waals surface area contributed by atoms with Crippen LogP contribution in [0.4, 0.5) is 0 Å². The van der Waals surface area contributed by atoms with Gasteiger partial charge >= 0.3 is 5.54 Å². The molecule has 106 valence electrons. The smallest absolute Gasteiger partial charge is 0.300 e. The number of hydrogen-bond acceptors (Lipinski definition) is 3. The third-order valence-corrected chi connectivity index (χ3v) is 2.39. The molecule has 4 nitrogen and oxygen atoms in total. The van der Waals surface area contributed by atoms with Gasteiger partial charge in [0.1, 0.15) is 19.8 Å². The molecule has 0 bridgehead atoms. The maximum absolute atomic E-state index is 7.40. The van der Waals surface area contributed by atoms with Crippen LogP contribution in [0.25, 0.3) is 4.85 Å². The van der Waals surface area contributed by atoms with Crippen LogP contribution >= 0.6 is 0 Å². The molecule has 0 aliphatic rings. The number of ether oxygens (including phenoxy) is 3. The highest BCUT2D eigenvalue weighted by atomic mass is 16.5. The maximum Gasteiger partial charge on any atom is 0.300 e. The normalized spacial score (nSPS) is 11.4. The lowest BCUT2D eigenvalue weighted by Crippen LogP contribution is -2.41. The van der Waals surface area contributed by atoms with Crippen molar-refractivity contribution in [3.63, 3.8) is 0 Å². The molecule has 0 radical (unpaired) electrons. The van der Waals surface area contributed by atoms with Crippen LogP contribution in [0.3, 0.4) is 0 Å². The van der Waals surface area contributed by atoms with Crippen molar-refractivity contribution in [2.45, 2.75) is 45.6 Å². The Labute approximate surface area is 111 Å². The summed E-state index contributed by atoms with van der Waals surface area (Å²) < 4.78 is 16.6. The predicted octanol–water partition coefficient (Wildman–Crippen LogP) is 2.92. The molecular weight excluding hydrogens is 230 g/mol. The zero-order valence-corrected chi connectivity index (χ0v) is 12.0. The predicted molar refractivity (Wildman–Crippen MR) is 72.7 cm³/mol. The average molecular weight is 257 g/mol. The summed E-state index contributed by atoms with van der Waals surface area (Å²) in [6.07, 6.45) is 2.87. The van der Waals surface area contributed by atoms with Crippen molar-refractivity contribution in [3.05, 3.63) is 11.4 Å². The van der Waals surface area contributed by atoms with Gasteiger partial charge in [0.05, 0.1) is 0 Å². The van der Waals surface area contributed by atoms with Gasteiger partial charge in [0.15, 0.2) is 0 Å². The Balaban J connectivity index is 4.27. The average Bonchev–Trinajstić information content (AvgIpc) is 2.39. The van der Waals surface area contributed by atoms with Crippen molar-refractivity contribution in [2.24, 2.45) is 0 Å². The van der Waals surface area contributed by atoms with Crippen molar-refractivity contribution in [1.82, 2.24) is 0 Å². The number of nitrogens with zero attached hydrogens (tertiary/aromatic N) is 1. The lowest BCUT2D eigenvalue weighted by atomic mass is 10.1. The van der Waals surface area contributed by atoms with Gasteiger partial charge in [-0.25, -0.2) is 6.57 Å². The van der Waals surface area contributed by atoms with E-state index in [-0.39, 0.29) is 0 Å². The van der Waals surface area contributed by atoms with Gasteiger partial charge in [-0.05, 0) is 19.3 Å². The Hall–Kier alpha value is -0.630.